The van der Waals surface area contributed by atoms with Crippen LogP contribution in [0.25, 0.3) is 22.3 Å². The molecule has 0 amide bonds. The van der Waals surface area contributed by atoms with E-state index in [1.165, 1.54) is 18.5 Å². The molecule has 0 atom stereocenters. The van der Waals surface area contributed by atoms with Gasteiger partial charge in [-0.25, -0.2) is 23.1 Å². The van der Waals surface area contributed by atoms with Crippen molar-refractivity contribution in [3.05, 3.63) is 41.9 Å². The zero-order valence-electron chi connectivity index (χ0n) is 16.6. The lowest BCUT2D eigenvalue weighted by Crippen LogP contribution is -2.24. The molecule has 12 heteroatoms. The number of nitrogens with zero attached hydrogens (tertiary/aromatic N) is 4. The fourth-order valence-electron chi connectivity index (χ4n) is 2.90. The van der Waals surface area contributed by atoms with Gasteiger partial charge in [-0.2, -0.15) is 18.4 Å². The van der Waals surface area contributed by atoms with Gasteiger partial charge in [0.05, 0.1) is 36.0 Å². The first-order valence-corrected chi connectivity index (χ1v) is 10.9. The standard InChI is InChI=1S/C19H18F3N5O3S/c1-27-11-24-18-15(10-23)26-14(9-16(18)27)12-4-5-17(13(8-12)19(20,21)22)30-7-3-6-25-31(2,28)29/h4-5,8-9,11,25H,3,6-7H2,1-2H3. The Labute approximate surface area is 176 Å². The van der Waals surface area contributed by atoms with E-state index in [2.05, 4.69) is 14.7 Å². The molecule has 164 valence electrons. The van der Waals surface area contributed by atoms with Crippen LogP contribution >= 0.6 is 0 Å². The molecule has 0 aliphatic heterocycles. The van der Waals surface area contributed by atoms with E-state index in [0.29, 0.717) is 11.0 Å². The van der Waals surface area contributed by atoms with E-state index in [9.17, 15) is 26.9 Å². The first-order valence-electron chi connectivity index (χ1n) is 9.01. The molecule has 0 fully saturated rings. The fourth-order valence-corrected chi connectivity index (χ4v) is 3.42. The van der Waals surface area contributed by atoms with Crippen molar-refractivity contribution in [3.8, 4) is 23.1 Å². The summed E-state index contributed by atoms with van der Waals surface area (Å²) in [5.74, 6) is -0.377. The highest BCUT2D eigenvalue weighted by Crippen LogP contribution is 2.39. The lowest BCUT2D eigenvalue weighted by atomic mass is 10.1. The van der Waals surface area contributed by atoms with Gasteiger partial charge >= 0.3 is 6.18 Å². The Morgan fingerprint density at radius 1 is 1.29 bits per heavy atom. The Kier molecular flexibility index (Phi) is 6.19. The summed E-state index contributed by atoms with van der Waals surface area (Å²) in [6.07, 6.45) is -2.02. The number of imidazole rings is 1. The maximum atomic E-state index is 13.6. The van der Waals surface area contributed by atoms with E-state index in [-0.39, 0.29) is 42.3 Å². The normalized spacial score (nSPS) is 12.1. The molecule has 3 rings (SSSR count). The van der Waals surface area contributed by atoms with Gasteiger partial charge in [-0.05, 0) is 30.7 Å². The molecule has 0 bridgehead atoms. The number of fused-ring (bicyclic) bond motifs is 1. The van der Waals surface area contributed by atoms with Crippen molar-refractivity contribution >= 4 is 21.1 Å². The number of hydrogen-bond acceptors (Lipinski definition) is 6. The molecule has 2 aromatic heterocycles. The van der Waals surface area contributed by atoms with Crippen LogP contribution in [0.4, 0.5) is 13.2 Å². The number of rotatable bonds is 7. The fraction of sp³-hybridized carbons (Fsp3) is 0.316. The summed E-state index contributed by atoms with van der Waals surface area (Å²) in [6.45, 7) is -0.0629. The van der Waals surface area contributed by atoms with Crippen molar-refractivity contribution < 1.29 is 26.3 Å². The number of aryl methyl sites for hydroxylation is 1. The lowest BCUT2D eigenvalue weighted by molar-refractivity contribution is -0.138. The van der Waals surface area contributed by atoms with Crippen molar-refractivity contribution in [2.45, 2.75) is 12.6 Å². The summed E-state index contributed by atoms with van der Waals surface area (Å²) >= 11 is 0. The predicted molar refractivity (Wildman–Crippen MR) is 107 cm³/mol. The van der Waals surface area contributed by atoms with Crippen LogP contribution in [0.15, 0.2) is 30.6 Å². The van der Waals surface area contributed by atoms with E-state index < -0.39 is 21.8 Å². The molecule has 0 aliphatic rings. The van der Waals surface area contributed by atoms with Gasteiger partial charge in [-0.1, -0.05) is 0 Å². The smallest absolute Gasteiger partial charge is 0.419 e. The van der Waals surface area contributed by atoms with Crippen LogP contribution in [0.2, 0.25) is 0 Å². The van der Waals surface area contributed by atoms with Gasteiger partial charge in [-0.15, -0.1) is 0 Å². The maximum Gasteiger partial charge on any atom is 0.419 e. The lowest BCUT2D eigenvalue weighted by Gasteiger charge is -2.15. The topological polar surface area (TPSA) is 110 Å². The molecular formula is C19H18F3N5O3S. The van der Waals surface area contributed by atoms with Crippen LogP contribution in [0, 0.1) is 11.3 Å². The molecule has 1 aromatic carbocycles. The maximum absolute atomic E-state index is 13.6. The van der Waals surface area contributed by atoms with Gasteiger partial charge in [0.25, 0.3) is 0 Å². The van der Waals surface area contributed by atoms with Crippen molar-refractivity contribution in [1.29, 1.82) is 5.26 Å². The second-order valence-corrected chi connectivity index (χ2v) is 8.60. The van der Waals surface area contributed by atoms with E-state index in [4.69, 9.17) is 4.74 Å². The highest BCUT2D eigenvalue weighted by Gasteiger charge is 2.35. The third-order valence-electron chi connectivity index (χ3n) is 4.34. The van der Waals surface area contributed by atoms with Gasteiger partial charge in [0, 0.05) is 19.2 Å². The van der Waals surface area contributed by atoms with Crippen LogP contribution in [-0.2, 0) is 23.2 Å². The Bertz CT molecular complexity index is 1260. The van der Waals surface area contributed by atoms with Crippen molar-refractivity contribution in [1.82, 2.24) is 19.3 Å². The van der Waals surface area contributed by atoms with E-state index in [1.54, 1.807) is 17.7 Å². The third kappa shape index (κ3) is 5.31. The van der Waals surface area contributed by atoms with Crippen LogP contribution in [-0.4, -0.2) is 42.4 Å². The van der Waals surface area contributed by atoms with E-state index >= 15 is 0 Å². The highest BCUT2D eigenvalue weighted by atomic mass is 32.2. The molecule has 0 radical (unpaired) electrons. The van der Waals surface area contributed by atoms with Gasteiger partial charge in [0.1, 0.15) is 17.3 Å². The Morgan fingerprint density at radius 3 is 2.68 bits per heavy atom. The summed E-state index contributed by atoms with van der Waals surface area (Å²) in [4.78, 5) is 8.25. The predicted octanol–water partition coefficient (Wildman–Crippen LogP) is 2.84. The van der Waals surface area contributed by atoms with Crippen LogP contribution in [0.5, 0.6) is 5.75 Å². The minimum Gasteiger partial charge on any atom is -0.493 e. The Balaban J connectivity index is 1.91. The summed E-state index contributed by atoms with van der Waals surface area (Å²) in [5, 5.41) is 9.33. The molecule has 1 N–H and O–H groups in total. The number of nitriles is 1. The van der Waals surface area contributed by atoms with E-state index in [0.717, 1.165) is 12.3 Å². The number of alkyl halides is 3. The van der Waals surface area contributed by atoms with Crippen molar-refractivity contribution in [3.63, 3.8) is 0 Å². The minimum absolute atomic E-state index is 0.0142. The number of ether oxygens (including phenoxy) is 1. The molecule has 0 aliphatic carbocycles. The molecule has 2 heterocycles. The SMILES string of the molecule is Cn1cnc2c(C#N)nc(-c3ccc(OCCCNS(C)(=O)=O)c(C(F)(F)F)c3)cc21. The van der Waals surface area contributed by atoms with Crippen molar-refractivity contribution in [2.24, 2.45) is 7.05 Å². The number of aromatic nitrogens is 3. The average Bonchev–Trinajstić information content (AvgIpc) is 3.06. The Morgan fingerprint density at radius 2 is 2.03 bits per heavy atom. The molecule has 0 saturated carbocycles. The zero-order chi connectivity index (χ0) is 22.8. The largest absolute Gasteiger partial charge is 0.493 e. The number of sulfonamides is 1. The first-order chi connectivity index (χ1) is 14.5. The van der Waals surface area contributed by atoms with E-state index in [1.807, 2.05) is 6.07 Å². The average molecular weight is 453 g/mol. The molecule has 0 unspecified atom stereocenters. The van der Waals surface area contributed by atoms with Gasteiger partial charge < -0.3 is 9.30 Å². The van der Waals surface area contributed by atoms with Gasteiger partial charge in [-0.3, -0.25) is 0 Å². The monoisotopic (exact) mass is 453 g/mol. The zero-order valence-corrected chi connectivity index (χ0v) is 17.4. The first kappa shape index (κ1) is 22.5. The Hall–Kier alpha value is -3.17. The summed E-state index contributed by atoms with van der Waals surface area (Å²) < 4.78 is 72.1. The van der Waals surface area contributed by atoms with Gasteiger partial charge in [0.15, 0.2) is 5.69 Å². The molecular weight excluding hydrogens is 435 g/mol. The number of nitrogens with one attached hydrogen (secondary N) is 1. The molecule has 31 heavy (non-hydrogen) atoms. The summed E-state index contributed by atoms with van der Waals surface area (Å²) in [7, 11) is -1.67. The van der Waals surface area contributed by atoms with Crippen LogP contribution in [0.3, 0.4) is 0 Å². The number of pyridine rings is 1. The van der Waals surface area contributed by atoms with Crippen LogP contribution < -0.4 is 9.46 Å². The highest BCUT2D eigenvalue weighted by molar-refractivity contribution is 7.88. The second kappa shape index (κ2) is 8.52. The molecule has 0 saturated heterocycles. The number of hydrogen-bond donors (Lipinski definition) is 1. The minimum atomic E-state index is -4.69. The number of halogens is 3. The molecule has 0 spiro atoms. The molecule has 3 aromatic rings. The quantitative estimate of drug-likeness (QED) is 0.551. The summed E-state index contributed by atoms with van der Waals surface area (Å²) in [5.41, 5.74) is 0.313. The summed E-state index contributed by atoms with van der Waals surface area (Å²) in [6, 6.07) is 7.00. The molecule has 8 nitrogen and oxygen atoms in total. The van der Waals surface area contributed by atoms with Crippen molar-refractivity contribution in [2.75, 3.05) is 19.4 Å². The second-order valence-electron chi connectivity index (χ2n) is 6.77. The third-order valence-corrected chi connectivity index (χ3v) is 5.07. The van der Waals surface area contributed by atoms with Gasteiger partial charge in [0.2, 0.25) is 10.0 Å². The number of benzene rings is 1. The van der Waals surface area contributed by atoms with Crippen LogP contribution in [0.1, 0.15) is 17.7 Å².